The average Bonchev–Trinajstić information content (AvgIpc) is 2.92. The molecule has 4 unspecified atom stereocenters. The van der Waals surface area contributed by atoms with Gasteiger partial charge in [0.2, 0.25) is 0 Å². The third-order valence-electron chi connectivity index (χ3n) is 8.83. The van der Waals surface area contributed by atoms with E-state index in [0.29, 0.717) is 24.2 Å². The Bertz CT molecular complexity index is 640. The third-order valence-corrected chi connectivity index (χ3v) is 8.83. The summed E-state index contributed by atoms with van der Waals surface area (Å²) in [5.74, 6) is 0.522. The van der Waals surface area contributed by atoms with E-state index in [9.17, 15) is 15.3 Å². The second-order valence-corrected chi connectivity index (χ2v) is 10.8. The minimum Gasteiger partial charge on any atom is -0.393 e. The molecule has 2 aliphatic rings. The Labute approximate surface area is 185 Å². The number of hydrogen-bond donors (Lipinski definition) is 3. The van der Waals surface area contributed by atoms with Crippen LogP contribution >= 0.6 is 0 Å². The largest absolute Gasteiger partial charge is 0.393 e. The molecule has 2 rings (SSSR count). The topological polar surface area (TPSA) is 60.7 Å². The van der Waals surface area contributed by atoms with Gasteiger partial charge in [0.25, 0.3) is 0 Å². The molecule has 2 saturated carbocycles. The van der Waals surface area contributed by atoms with Gasteiger partial charge in [0.05, 0.1) is 17.8 Å². The van der Waals surface area contributed by atoms with Gasteiger partial charge in [-0.15, -0.1) is 0 Å². The Morgan fingerprint density at radius 1 is 1.13 bits per heavy atom. The predicted octanol–water partition coefficient (Wildman–Crippen LogP) is 6.09. The summed E-state index contributed by atoms with van der Waals surface area (Å²) < 4.78 is 0. The Hall–Kier alpha value is -0.900. The summed E-state index contributed by atoms with van der Waals surface area (Å²) in [7, 11) is 0. The van der Waals surface area contributed by atoms with Crippen LogP contribution in [0.25, 0.3) is 0 Å². The van der Waals surface area contributed by atoms with Crippen molar-refractivity contribution >= 4 is 0 Å². The van der Waals surface area contributed by atoms with Crippen molar-refractivity contribution in [3.8, 4) is 0 Å². The molecule has 4 atom stereocenters. The van der Waals surface area contributed by atoms with Gasteiger partial charge in [-0.2, -0.15) is 0 Å². The van der Waals surface area contributed by atoms with Gasteiger partial charge in [0.15, 0.2) is 0 Å². The average molecular weight is 419 g/mol. The van der Waals surface area contributed by atoms with E-state index in [0.717, 1.165) is 36.8 Å². The first kappa shape index (κ1) is 25.4. The van der Waals surface area contributed by atoms with Crippen molar-refractivity contribution in [1.29, 1.82) is 0 Å². The van der Waals surface area contributed by atoms with Crippen LogP contribution in [0, 0.1) is 16.7 Å². The second-order valence-electron chi connectivity index (χ2n) is 10.8. The van der Waals surface area contributed by atoms with E-state index >= 15 is 0 Å². The van der Waals surface area contributed by atoms with Gasteiger partial charge >= 0.3 is 0 Å². The van der Waals surface area contributed by atoms with Crippen molar-refractivity contribution in [2.45, 2.75) is 117 Å². The zero-order valence-electron chi connectivity index (χ0n) is 20.1. The fraction of sp³-hybridized carbons (Fsp3) is 0.778. The Kier molecular flexibility index (Phi) is 8.58. The van der Waals surface area contributed by atoms with Crippen LogP contribution in [0.15, 0.2) is 36.0 Å². The van der Waals surface area contributed by atoms with E-state index in [1.54, 1.807) is 0 Å². The van der Waals surface area contributed by atoms with Gasteiger partial charge < -0.3 is 15.3 Å². The summed E-state index contributed by atoms with van der Waals surface area (Å²) in [5, 5.41) is 30.5. The maximum absolute atomic E-state index is 10.5. The lowest BCUT2D eigenvalue weighted by Gasteiger charge is -2.41. The molecule has 2 fully saturated rings. The standard InChI is InChI=1S/C27H46O3/c1-7-27(30,8-2)16-10-9-15-26(6)17-14-22(25(26,4)5)13-11-12-21-18-23(28)19-24(29)20(21)3/h11-13,22-24,28-30H,3,7-10,14-19H2,1-2,4-6H3/b13-11+,21-12+. The van der Waals surface area contributed by atoms with Crippen molar-refractivity contribution in [3.05, 3.63) is 36.0 Å². The molecule has 0 radical (unpaired) electrons. The van der Waals surface area contributed by atoms with Gasteiger partial charge in [-0.1, -0.05) is 72.3 Å². The minimum absolute atomic E-state index is 0.219. The van der Waals surface area contributed by atoms with E-state index in [4.69, 9.17) is 0 Å². The van der Waals surface area contributed by atoms with Crippen LogP contribution in [0.5, 0.6) is 0 Å². The van der Waals surface area contributed by atoms with Crippen molar-refractivity contribution in [2.75, 3.05) is 0 Å². The zero-order valence-corrected chi connectivity index (χ0v) is 20.1. The molecule has 30 heavy (non-hydrogen) atoms. The van der Waals surface area contributed by atoms with Crippen molar-refractivity contribution in [1.82, 2.24) is 0 Å². The maximum Gasteiger partial charge on any atom is 0.0811 e. The van der Waals surface area contributed by atoms with Crippen molar-refractivity contribution in [2.24, 2.45) is 16.7 Å². The van der Waals surface area contributed by atoms with Crippen molar-refractivity contribution in [3.63, 3.8) is 0 Å². The Morgan fingerprint density at radius 2 is 1.80 bits per heavy atom. The van der Waals surface area contributed by atoms with Gasteiger partial charge in [-0.25, -0.2) is 0 Å². The van der Waals surface area contributed by atoms with Gasteiger partial charge in [0.1, 0.15) is 0 Å². The molecule has 0 aromatic heterocycles. The second kappa shape index (κ2) is 10.1. The first-order valence-electron chi connectivity index (χ1n) is 12.1. The quantitative estimate of drug-likeness (QED) is 0.397. The van der Waals surface area contributed by atoms with Crippen LogP contribution in [0.2, 0.25) is 0 Å². The molecular weight excluding hydrogens is 372 g/mol. The fourth-order valence-corrected chi connectivity index (χ4v) is 5.52. The molecule has 2 aliphatic carbocycles. The number of hydrogen-bond acceptors (Lipinski definition) is 3. The SMILES string of the molecule is C=C1/C(=C/C=C/C2CCC(C)(CCCCC(O)(CC)CC)C2(C)C)CC(O)CC1O. The molecule has 3 heteroatoms. The molecule has 0 saturated heterocycles. The van der Waals surface area contributed by atoms with Crippen molar-refractivity contribution < 1.29 is 15.3 Å². The highest BCUT2D eigenvalue weighted by Crippen LogP contribution is 2.58. The monoisotopic (exact) mass is 418 g/mol. The van der Waals surface area contributed by atoms with Gasteiger partial charge in [-0.3, -0.25) is 0 Å². The van der Waals surface area contributed by atoms with Crippen LogP contribution in [0.3, 0.4) is 0 Å². The van der Waals surface area contributed by atoms with E-state index in [1.807, 2.05) is 6.08 Å². The molecular formula is C27H46O3. The summed E-state index contributed by atoms with van der Waals surface area (Å²) in [6.45, 7) is 15.4. The lowest BCUT2D eigenvalue weighted by Crippen LogP contribution is -2.34. The summed E-state index contributed by atoms with van der Waals surface area (Å²) in [6.07, 6.45) is 14.9. The molecule has 0 aromatic rings. The zero-order chi connectivity index (χ0) is 22.6. The first-order chi connectivity index (χ1) is 14.0. The van der Waals surface area contributed by atoms with Crippen LogP contribution in [0.4, 0.5) is 0 Å². The fourth-order valence-electron chi connectivity index (χ4n) is 5.52. The third kappa shape index (κ3) is 5.66. The van der Waals surface area contributed by atoms with Crippen LogP contribution < -0.4 is 0 Å². The molecule has 0 heterocycles. The highest BCUT2D eigenvalue weighted by molar-refractivity contribution is 5.37. The van der Waals surface area contributed by atoms with Gasteiger partial charge in [-0.05, 0) is 72.8 Å². The molecule has 0 aliphatic heterocycles. The van der Waals surface area contributed by atoms with Crippen LogP contribution in [0.1, 0.15) is 98.8 Å². The lowest BCUT2D eigenvalue weighted by atomic mass is 9.63. The summed E-state index contributed by atoms with van der Waals surface area (Å²) in [5.41, 5.74) is 1.77. The van der Waals surface area contributed by atoms with E-state index in [-0.39, 0.29) is 5.41 Å². The summed E-state index contributed by atoms with van der Waals surface area (Å²) >= 11 is 0. The highest BCUT2D eigenvalue weighted by atomic mass is 16.3. The van der Waals surface area contributed by atoms with Gasteiger partial charge in [0, 0.05) is 6.42 Å². The molecule has 0 spiro atoms. The van der Waals surface area contributed by atoms with Crippen LogP contribution in [-0.2, 0) is 0 Å². The number of aliphatic hydroxyl groups excluding tert-OH is 2. The number of rotatable bonds is 9. The molecule has 0 aromatic carbocycles. The number of aliphatic hydroxyl groups is 3. The first-order valence-corrected chi connectivity index (χ1v) is 12.1. The normalized spacial score (nSPS) is 33.7. The lowest BCUT2D eigenvalue weighted by molar-refractivity contribution is 0.0186. The van der Waals surface area contributed by atoms with E-state index < -0.39 is 17.8 Å². The molecule has 172 valence electrons. The Balaban J connectivity index is 1.95. The summed E-state index contributed by atoms with van der Waals surface area (Å²) in [6, 6.07) is 0. The maximum atomic E-state index is 10.5. The van der Waals surface area contributed by atoms with E-state index in [2.05, 4.69) is 53.3 Å². The summed E-state index contributed by atoms with van der Waals surface area (Å²) in [4.78, 5) is 0. The van der Waals surface area contributed by atoms with Crippen LogP contribution in [-0.4, -0.2) is 33.1 Å². The molecule has 3 nitrogen and oxygen atoms in total. The molecule has 0 amide bonds. The van der Waals surface area contributed by atoms with E-state index in [1.165, 1.54) is 25.7 Å². The molecule has 0 bridgehead atoms. The number of unbranched alkanes of at least 4 members (excludes halogenated alkanes) is 1. The highest BCUT2D eigenvalue weighted by Gasteiger charge is 2.49. The Morgan fingerprint density at radius 3 is 2.43 bits per heavy atom. The predicted molar refractivity (Wildman–Crippen MR) is 126 cm³/mol. The molecule has 3 N–H and O–H groups in total. The number of allylic oxidation sites excluding steroid dienone is 3. The minimum atomic E-state index is -0.627. The smallest absolute Gasteiger partial charge is 0.0811 e.